The largest absolute Gasteiger partial charge is 0.481 e. The highest BCUT2D eigenvalue weighted by atomic mass is 16.5. The van der Waals surface area contributed by atoms with E-state index in [-0.39, 0.29) is 38.0 Å². The molecule has 0 saturated heterocycles. The van der Waals surface area contributed by atoms with Crippen LogP contribution in [-0.2, 0) is 14.3 Å². The van der Waals surface area contributed by atoms with Crippen molar-refractivity contribution in [2.45, 2.75) is 115 Å². The molecule has 10 atom stereocenters. The third kappa shape index (κ3) is 15.1. The lowest BCUT2D eigenvalue weighted by molar-refractivity contribution is -0.161. The van der Waals surface area contributed by atoms with E-state index in [0.717, 1.165) is 0 Å². The van der Waals surface area contributed by atoms with E-state index in [4.69, 9.17) is 4.74 Å². The molecular formula is C33H52O10. The molecule has 0 aromatic heterocycles. The van der Waals surface area contributed by atoms with Gasteiger partial charge in [-0.2, -0.15) is 0 Å². The number of hydrogen-bond donors (Lipinski definition) is 7. The summed E-state index contributed by atoms with van der Waals surface area (Å²) in [7, 11) is 0. The predicted molar refractivity (Wildman–Crippen MR) is 164 cm³/mol. The van der Waals surface area contributed by atoms with Gasteiger partial charge in [0.15, 0.2) is 0 Å². The van der Waals surface area contributed by atoms with Gasteiger partial charge in [-0.3, -0.25) is 9.59 Å². The molecule has 7 N–H and O–H groups in total. The van der Waals surface area contributed by atoms with Gasteiger partial charge in [-0.05, 0) is 38.5 Å². The Bertz CT molecular complexity index is 955. The molecule has 0 aromatic carbocycles. The molecule has 0 saturated carbocycles. The zero-order valence-electron chi connectivity index (χ0n) is 25.6. The maximum absolute atomic E-state index is 12.9. The van der Waals surface area contributed by atoms with Crippen LogP contribution in [0.5, 0.6) is 0 Å². The lowest BCUT2D eigenvalue weighted by Crippen LogP contribution is -2.39. The van der Waals surface area contributed by atoms with Crippen LogP contribution in [0.1, 0.15) is 72.1 Å². The van der Waals surface area contributed by atoms with Gasteiger partial charge >= 0.3 is 11.9 Å². The lowest BCUT2D eigenvalue weighted by Gasteiger charge is -2.27. The van der Waals surface area contributed by atoms with Crippen LogP contribution in [0.15, 0.2) is 60.8 Å². The molecule has 0 unspecified atom stereocenters. The maximum Gasteiger partial charge on any atom is 0.312 e. The van der Waals surface area contributed by atoms with Crippen LogP contribution in [0.4, 0.5) is 0 Å². The van der Waals surface area contributed by atoms with Gasteiger partial charge in [0.25, 0.3) is 0 Å². The van der Waals surface area contributed by atoms with E-state index < -0.39 is 66.5 Å². The topological polar surface area (TPSA) is 185 Å². The minimum absolute atomic E-state index is 0.0442. The van der Waals surface area contributed by atoms with Gasteiger partial charge in [0.2, 0.25) is 0 Å². The Morgan fingerprint density at radius 2 is 1.26 bits per heavy atom. The quantitative estimate of drug-likeness (QED) is 0.235. The molecule has 0 amide bonds. The molecular weight excluding hydrogens is 556 g/mol. The standard InChI is InChI=1S/C33H52O10/c1-4-26-28(38)21-25(36)19-23(34)16-14-17-24(35)20-29(39)31(32(40)41)27(37)18-13-11-9-7-6-8-10-12-15-22(3)30(5-2)43-33(26)42/h6-13,15,18,22-31,34-39H,4-5,14,16-17,19-21H2,1-3H3,(H,40,41)/b7-6-,10-8-,11-9-,15-12-,18-13-/t22-,23-,24+,25-,26+,27+,28-,29+,30+,31-/m0/s1. The molecule has 0 aromatic rings. The Balaban J connectivity index is 3.08. The fraction of sp³-hybridized carbons (Fsp3) is 0.636. The first kappa shape index (κ1) is 38.4. The summed E-state index contributed by atoms with van der Waals surface area (Å²) in [6.45, 7) is 5.60. The van der Waals surface area contributed by atoms with Crippen molar-refractivity contribution in [2.75, 3.05) is 0 Å². The van der Waals surface area contributed by atoms with Crippen molar-refractivity contribution >= 4 is 11.9 Å². The van der Waals surface area contributed by atoms with Gasteiger partial charge in [0.1, 0.15) is 12.0 Å². The predicted octanol–water partition coefficient (Wildman–Crippen LogP) is 2.97. The monoisotopic (exact) mass is 608 g/mol. The number of allylic oxidation sites excluding steroid dienone is 8. The number of cyclic esters (lactones) is 1. The van der Waals surface area contributed by atoms with Gasteiger partial charge in [-0.25, -0.2) is 0 Å². The fourth-order valence-corrected chi connectivity index (χ4v) is 5.08. The van der Waals surface area contributed by atoms with E-state index in [1.165, 1.54) is 12.2 Å². The summed E-state index contributed by atoms with van der Waals surface area (Å²) in [4.78, 5) is 24.6. The zero-order chi connectivity index (χ0) is 32.4. The molecule has 10 heteroatoms. The van der Waals surface area contributed by atoms with Crippen LogP contribution in [-0.4, -0.2) is 90.4 Å². The van der Waals surface area contributed by atoms with Crippen LogP contribution in [0.2, 0.25) is 0 Å². The number of rotatable bonds is 3. The number of hydrogen-bond acceptors (Lipinski definition) is 9. The second kappa shape index (κ2) is 21.2. The first-order valence-corrected chi connectivity index (χ1v) is 15.3. The van der Waals surface area contributed by atoms with Crippen LogP contribution >= 0.6 is 0 Å². The molecule has 244 valence electrons. The highest BCUT2D eigenvalue weighted by molar-refractivity contribution is 5.73. The molecule has 0 spiro atoms. The summed E-state index contributed by atoms with van der Waals surface area (Å²) >= 11 is 0. The second-order valence-electron chi connectivity index (χ2n) is 11.3. The Kier molecular flexibility index (Phi) is 18.9. The van der Waals surface area contributed by atoms with Crippen LogP contribution in [0.3, 0.4) is 0 Å². The number of aliphatic carboxylic acids is 1. The van der Waals surface area contributed by atoms with Crippen LogP contribution in [0.25, 0.3) is 0 Å². The number of esters is 1. The van der Waals surface area contributed by atoms with E-state index in [1.807, 2.05) is 32.1 Å². The van der Waals surface area contributed by atoms with Crippen molar-refractivity contribution < 1.29 is 50.1 Å². The highest BCUT2D eigenvalue weighted by Crippen LogP contribution is 2.23. The minimum atomic E-state index is -1.54. The number of ether oxygens (including phenoxy) is 1. The summed E-state index contributed by atoms with van der Waals surface area (Å²) in [6, 6.07) is 0. The smallest absolute Gasteiger partial charge is 0.312 e. The Morgan fingerprint density at radius 1 is 0.744 bits per heavy atom. The average molecular weight is 609 g/mol. The molecule has 0 bridgehead atoms. The van der Waals surface area contributed by atoms with E-state index in [0.29, 0.717) is 19.3 Å². The third-order valence-electron chi connectivity index (χ3n) is 7.68. The molecule has 1 heterocycles. The SMILES string of the molecule is CC[C@H]1OC(=O)[C@H](CC)[C@@H](O)C[C@@H](O)C[C@@H](O)CCC[C@@H](O)C[C@@H](O)[C@@H](C(=O)O)[C@H](O)\C=C/C=C\C=C/C=C\C=C/[C@@H]1C. The maximum atomic E-state index is 12.9. The number of carbonyl (C=O) groups excluding carboxylic acids is 1. The summed E-state index contributed by atoms with van der Waals surface area (Å²) < 4.78 is 5.74. The second-order valence-corrected chi connectivity index (χ2v) is 11.3. The first-order valence-electron chi connectivity index (χ1n) is 15.3. The van der Waals surface area contributed by atoms with Crippen molar-refractivity contribution in [1.82, 2.24) is 0 Å². The van der Waals surface area contributed by atoms with E-state index in [9.17, 15) is 45.3 Å². The Hall–Kier alpha value is -2.60. The van der Waals surface area contributed by atoms with Crippen LogP contribution < -0.4 is 0 Å². The van der Waals surface area contributed by atoms with Gasteiger partial charge in [0, 0.05) is 18.8 Å². The van der Waals surface area contributed by atoms with Crippen molar-refractivity contribution in [3.05, 3.63) is 60.8 Å². The summed E-state index contributed by atoms with van der Waals surface area (Å²) in [5.41, 5.74) is 0. The highest BCUT2D eigenvalue weighted by Gasteiger charge is 2.34. The number of carboxylic acids is 1. The van der Waals surface area contributed by atoms with Gasteiger partial charge < -0.3 is 40.5 Å². The molecule has 10 nitrogen and oxygen atoms in total. The van der Waals surface area contributed by atoms with Crippen molar-refractivity contribution in [2.24, 2.45) is 17.8 Å². The number of carboxylic acid groups (broad SMARTS) is 1. The number of aliphatic hydroxyl groups excluding tert-OH is 6. The van der Waals surface area contributed by atoms with E-state index in [1.54, 1.807) is 37.3 Å². The Labute approximate surface area is 255 Å². The Morgan fingerprint density at radius 3 is 1.79 bits per heavy atom. The molecule has 1 rings (SSSR count). The van der Waals surface area contributed by atoms with Crippen molar-refractivity contribution in [1.29, 1.82) is 0 Å². The minimum Gasteiger partial charge on any atom is -0.481 e. The summed E-state index contributed by atoms with van der Waals surface area (Å²) in [5.74, 6) is -4.39. The molecule has 0 radical (unpaired) electrons. The lowest BCUT2D eigenvalue weighted by atomic mass is 9.90. The molecule has 0 fully saturated rings. The molecule has 1 aliphatic heterocycles. The average Bonchev–Trinajstić information content (AvgIpc) is 2.92. The zero-order valence-corrected chi connectivity index (χ0v) is 25.6. The van der Waals surface area contributed by atoms with Gasteiger partial charge in [-0.15, -0.1) is 0 Å². The third-order valence-corrected chi connectivity index (χ3v) is 7.68. The molecule has 43 heavy (non-hydrogen) atoms. The summed E-state index contributed by atoms with van der Waals surface area (Å²) in [5, 5.41) is 72.2. The first-order chi connectivity index (χ1) is 20.4. The molecule has 0 aliphatic carbocycles. The normalized spacial score (nSPS) is 38.9. The van der Waals surface area contributed by atoms with E-state index in [2.05, 4.69) is 0 Å². The van der Waals surface area contributed by atoms with E-state index >= 15 is 0 Å². The van der Waals surface area contributed by atoms with Gasteiger partial charge in [-0.1, -0.05) is 81.5 Å². The summed E-state index contributed by atoms with van der Waals surface area (Å²) in [6.07, 6.45) is 10.4. The van der Waals surface area contributed by atoms with Gasteiger partial charge in [0.05, 0.1) is 42.5 Å². The molecule has 1 aliphatic rings. The van der Waals surface area contributed by atoms with Crippen molar-refractivity contribution in [3.8, 4) is 0 Å². The van der Waals surface area contributed by atoms with Crippen molar-refractivity contribution in [3.63, 3.8) is 0 Å². The number of carbonyl (C=O) groups is 2. The fourth-order valence-electron chi connectivity index (χ4n) is 5.08. The number of aliphatic hydroxyl groups is 6. The van der Waals surface area contributed by atoms with Crippen LogP contribution in [0, 0.1) is 17.8 Å².